The summed E-state index contributed by atoms with van der Waals surface area (Å²) in [6.07, 6.45) is 0.604. The molecule has 3 heterocycles. The van der Waals surface area contributed by atoms with Crippen molar-refractivity contribution in [3.05, 3.63) is 74.6 Å². The third-order valence-electron chi connectivity index (χ3n) is 4.65. The second-order valence-electron chi connectivity index (χ2n) is 6.82. The summed E-state index contributed by atoms with van der Waals surface area (Å²) in [6, 6.07) is 14.3. The number of amides is 2. The Morgan fingerprint density at radius 1 is 1.09 bits per heavy atom. The number of primary amides is 1. The molecule has 0 aliphatic carbocycles. The molecule has 32 heavy (non-hydrogen) atoms. The van der Waals surface area contributed by atoms with E-state index < -0.39 is 24.4 Å². The Hall–Kier alpha value is -2.95. The van der Waals surface area contributed by atoms with Crippen LogP contribution in [0.5, 0.6) is 0 Å². The number of thiophene rings is 2. The van der Waals surface area contributed by atoms with Crippen molar-refractivity contribution in [2.24, 2.45) is 10.8 Å². The normalized spacial score (nSPS) is 15.4. The molecule has 164 valence electrons. The summed E-state index contributed by atoms with van der Waals surface area (Å²) >= 11 is 4.28. The second kappa shape index (κ2) is 10.1. The lowest BCUT2D eigenvalue weighted by atomic mass is 10.1. The minimum Gasteiger partial charge on any atom is -0.452 e. The number of benzene rings is 1. The van der Waals surface area contributed by atoms with E-state index in [9.17, 15) is 14.4 Å². The fraction of sp³-hybridized carbons (Fsp3) is 0.182. The fourth-order valence-electron chi connectivity index (χ4n) is 3.22. The SMILES string of the molecule is NC(=O)CSc1ccccc1C(=O)OCC(=O)N1N=C(c2cccs2)CC1c1cccs1. The molecular formula is C22H19N3O4S3. The van der Waals surface area contributed by atoms with Crippen molar-refractivity contribution >= 4 is 57.9 Å². The molecule has 2 amide bonds. The Kier molecular flexibility index (Phi) is 7.03. The molecule has 0 radical (unpaired) electrons. The first-order chi connectivity index (χ1) is 15.5. The zero-order valence-electron chi connectivity index (χ0n) is 16.8. The molecule has 2 aromatic heterocycles. The molecule has 4 rings (SSSR count). The smallest absolute Gasteiger partial charge is 0.339 e. The lowest BCUT2D eigenvalue weighted by Crippen LogP contribution is -2.31. The summed E-state index contributed by atoms with van der Waals surface area (Å²) in [4.78, 5) is 39.3. The zero-order chi connectivity index (χ0) is 22.5. The Bertz CT molecular complexity index is 1140. The number of nitrogens with zero attached hydrogens (tertiary/aromatic N) is 2. The fourth-order valence-corrected chi connectivity index (χ4v) is 5.53. The number of esters is 1. The summed E-state index contributed by atoms with van der Waals surface area (Å²) in [7, 11) is 0. The zero-order valence-corrected chi connectivity index (χ0v) is 19.3. The Labute approximate surface area is 196 Å². The van der Waals surface area contributed by atoms with Gasteiger partial charge in [0.25, 0.3) is 5.91 Å². The lowest BCUT2D eigenvalue weighted by Gasteiger charge is -2.20. The van der Waals surface area contributed by atoms with Crippen LogP contribution in [0.3, 0.4) is 0 Å². The first-order valence-corrected chi connectivity index (χ1v) is 12.4. The van der Waals surface area contributed by atoms with Crippen molar-refractivity contribution < 1.29 is 19.1 Å². The van der Waals surface area contributed by atoms with Crippen molar-refractivity contribution in [1.29, 1.82) is 0 Å². The van der Waals surface area contributed by atoms with Crippen LogP contribution in [0.2, 0.25) is 0 Å². The highest BCUT2D eigenvalue weighted by atomic mass is 32.2. The standard InChI is InChI=1S/C22H19N3O4S3/c23-20(26)13-32-17-6-2-1-5-14(17)22(28)29-12-21(27)25-16(19-8-4-10-31-19)11-15(24-25)18-7-3-9-30-18/h1-10,16H,11-13H2,(H2,23,26). The highest BCUT2D eigenvalue weighted by molar-refractivity contribution is 8.00. The van der Waals surface area contributed by atoms with Crippen LogP contribution in [0.1, 0.15) is 32.6 Å². The van der Waals surface area contributed by atoms with E-state index >= 15 is 0 Å². The molecule has 7 nitrogen and oxygen atoms in total. The first-order valence-electron chi connectivity index (χ1n) is 9.67. The molecule has 1 unspecified atom stereocenters. The molecule has 10 heteroatoms. The van der Waals surface area contributed by atoms with Gasteiger partial charge in [-0.1, -0.05) is 24.3 Å². The maximum Gasteiger partial charge on any atom is 0.339 e. The Morgan fingerprint density at radius 3 is 2.59 bits per heavy atom. The molecule has 1 aliphatic heterocycles. The molecule has 3 aromatic rings. The van der Waals surface area contributed by atoms with Crippen LogP contribution in [0.4, 0.5) is 0 Å². The molecule has 0 fully saturated rings. The van der Waals surface area contributed by atoms with E-state index in [1.807, 2.05) is 35.0 Å². The van der Waals surface area contributed by atoms with Gasteiger partial charge in [0.15, 0.2) is 6.61 Å². The number of carbonyl (C=O) groups excluding carboxylic acids is 3. The first kappa shape index (κ1) is 22.3. The molecule has 1 atom stereocenters. The predicted octanol–water partition coefficient (Wildman–Crippen LogP) is 3.92. The number of hydrogen-bond acceptors (Lipinski definition) is 8. The quantitative estimate of drug-likeness (QED) is 0.385. The average Bonchev–Trinajstić information content (AvgIpc) is 3.56. The Balaban J connectivity index is 1.47. The minimum absolute atomic E-state index is 0.0414. The van der Waals surface area contributed by atoms with E-state index in [1.165, 1.54) is 5.01 Å². The minimum atomic E-state index is -0.639. The molecule has 2 N–H and O–H groups in total. The number of thioether (sulfide) groups is 1. The van der Waals surface area contributed by atoms with Gasteiger partial charge in [-0.3, -0.25) is 9.59 Å². The second-order valence-corrected chi connectivity index (χ2v) is 9.77. The van der Waals surface area contributed by atoms with E-state index in [4.69, 9.17) is 10.5 Å². The molecule has 0 spiro atoms. The topological polar surface area (TPSA) is 102 Å². The highest BCUT2D eigenvalue weighted by Gasteiger charge is 2.34. The molecular weight excluding hydrogens is 466 g/mol. The van der Waals surface area contributed by atoms with Gasteiger partial charge in [-0.05, 0) is 35.0 Å². The summed E-state index contributed by atoms with van der Waals surface area (Å²) < 4.78 is 5.32. The Morgan fingerprint density at radius 2 is 1.88 bits per heavy atom. The van der Waals surface area contributed by atoms with E-state index in [1.54, 1.807) is 46.9 Å². The van der Waals surface area contributed by atoms with E-state index in [0.29, 0.717) is 11.3 Å². The number of carbonyl (C=O) groups is 3. The van der Waals surface area contributed by atoms with Crippen LogP contribution >= 0.6 is 34.4 Å². The third-order valence-corrected chi connectivity index (χ3v) is 7.63. The van der Waals surface area contributed by atoms with Crippen LogP contribution in [0, 0.1) is 0 Å². The summed E-state index contributed by atoms with van der Waals surface area (Å²) in [5, 5.41) is 9.90. The average molecular weight is 486 g/mol. The highest BCUT2D eigenvalue weighted by Crippen LogP contribution is 2.36. The van der Waals surface area contributed by atoms with E-state index in [0.717, 1.165) is 27.2 Å². The van der Waals surface area contributed by atoms with E-state index in [-0.39, 0.29) is 17.4 Å². The van der Waals surface area contributed by atoms with Crippen molar-refractivity contribution in [2.45, 2.75) is 17.4 Å². The van der Waals surface area contributed by atoms with Gasteiger partial charge in [-0.2, -0.15) is 5.10 Å². The largest absolute Gasteiger partial charge is 0.452 e. The summed E-state index contributed by atoms with van der Waals surface area (Å²) in [5.74, 6) is -1.48. The van der Waals surface area contributed by atoms with Gasteiger partial charge < -0.3 is 10.5 Å². The van der Waals surface area contributed by atoms with Gasteiger partial charge >= 0.3 is 5.97 Å². The van der Waals surface area contributed by atoms with Crippen molar-refractivity contribution in [3.8, 4) is 0 Å². The van der Waals surface area contributed by atoms with Crippen LogP contribution in [-0.4, -0.2) is 40.9 Å². The van der Waals surface area contributed by atoms with Gasteiger partial charge in [0.1, 0.15) is 0 Å². The van der Waals surface area contributed by atoms with Crippen molar-refractivity contribution in [2.75, 3.05) is 12.4 Å². The molecule has 0 saturated carbocycles. The molecule has 0 saturated heterocycles. The lowest BCUT2D eigenvalue weighted by molar-refractivity contribution is -0.136. The predicted molar refractivity (Wildman–Crippen MR) is 126 cm³/mol. The molecule has 0 bridgehead atoms. The van der Waals surface area contributed by atoms with E-state index in [2.05, 4.69) is 5.10 Å². The number of hydrogen-bond donors (Lipinski definition) is 1. The molecule has 1 aromatic carbocycles. The summed E-state index contributed by atoms with van der Waals surface area (Å²) in [6.45, 7) is -0.434. The van der Waals surface area contributed by atoms with Crippen LogP contribution < -0.4 is 5.73 Å². The van der Waals surface area contributed by atoms with Gasteiger partial charge in [0.2, 0.25) is 5.91 Å². The maximum absolute atomic E-state index is 13.0. The van der Waals surface area contributed by atoms with Gasteiger partial charge in [0, 0.05) is 16.2 Å². The number of hydrazone groups is 1. The number of rotatable bonds is 8. The van der Waals surface area contributed by atoms with Gasteiger partial charge in [-0.25, -0.2) is 9.80 Å². The number of nitrogens with two attached hydrogens (primary N) is 1. The third kappa shape index (κ3) is 5.09. The van der Waals surface area contributed by atoms with Crippen LogP contribution in [-0.2, 0) is 14.3 Å². The monoisotopic (exact) mass is 485 g/mol. The van der Waals surface area contributed by atoms with Crippen LogP contribution in [0.15, 0.2) is 69.3 Å². The molecule has 1 aliphatic rings. The van der Waals surface area contributed by atoms with Gasteiger partial charge in [-0.15, -0.1) is 34.4 Å². The maximum atomic E-state index is 13.0. The van der Waals surface area contributed by atoms with Gasteiger partial charge in [0.05, 0.1) is 27.9 Å². The van der Waals surface area contributed by atoms with Crippen molar-refractivity contribution in [1.82, 2.24) is 5.01 Å². The number of ether oxygens (including phenoxy) is 1. The summed E-state index contributed by atoms with van der Waals surface area (Å²) in [5.41, 5.74) is 6.32. The van der Waals surface area contributed by atoms with Crippen LogP contribution in [0.25, 0.3) is 0 Å². The van der Waals surface area contributed by atoms with Crippen molar-refractivity contribution in [3.63, 3.8) is 0 Å².